The first-order valence-corrected chi connectivity index (χ1v) is 7.44. The highest BCUT2D eigenvalue weighted by Crippen LogP contribution is 2.39. The predicted octanol–water partition coefficient (Wildman–Crippen LogP) is 1.29. The van der Waals surface area contributed by atoms with Crippen molar-refractivity contribution in [2.24, 2.45) is 0 Å². The fourth-order valence-corrected chi connectivity index (χ4v) is 2.74. The first-order valence-electron chi connectivity index (χ1n) is 7.44. The number of ether oxygens (including phenoxy) is 2. The Morgan fingerprint density at radius 1 is 1.35 bits per heavy atom. The van der Waals surface area contributed by atoms with E-state index in [9.17, 15) is 5.11 Å². The van der Waals surface area contributed by atoms with E-state index in [0.717, 1.165) is 18.6 Å². The molecule has 110 valence electrons. The number of hydrogen-bond donors (Lipinski definition) is 2. The summed E-state index contributed by atoms with van der Waals surface area (Å²) in [5, 5.41) is 13.1. The fraction of sp³-hybridized carbons (Fsp3) is 0.625. The largest absolute Gasteiger partial charge is 0.491 e. The molecule has 0 aromatic heterocycles. The molecule has 4 nitrogen and oxygen atoms in total. The highest BCUT2D eigenvalue weighted by Gasteiger charge is 2.43. The van der Waals surface area contributed by atoms with Crippen molar-refractivity contribution in [1.29, 1.82) is 0 Å². The van der Waals surface area contributed by atoms with E-state index in [0.29, 0.717) is 31.4 Å². The Bertz CT molecular complexity index is 475. The summed E-state index contributed by atoms with van der Waals surface area (Å²) in [5.41, 5.74) is 2.59. The quantitative estimate of drug-likeness (QED) is 0.769. The number of aliphatic hydroxyl groups is 1. The first-order chi connectivity index (χ1) is 9.63. The van der Waals surface area contributed by atoms with E-state index in [1.807, 2.05) is 12.1 Å². The van der Waals surface area contributed by atoms with Gasteiger partial charge in [0.2, 0.25) is 0 Å². The van der Waals surface area contributed by atoms with Crippen molar-refractivity contribution in [3.8, 4) is 5.75 Å². The van der Waals surface area contributed by atoms with E-state index in [2.05, 4.69) is 25.2 Å². The summed E-state index contributed by atoms with van der Waals surface area (Å²) in [4.78, 5) is 0. The Morgan fingerprint density at radius 3 is 2.95 bits per heavy atom. The van der Waals surface area contributed by atoms with Crippen LogP contribution >= 0.6 is 0 Å². The molecule has 2 N–H and O–H groups in total. The Hall–Kier alpha value is -1.10. The van der Waals surface area contributed by atoms with Gasteiger partial charge in [0.25, 0.3) is 0 Å². The summed E-state index contributed by atoms with van der Waals surface area (Å²) in [6.45, 7) is 5.01. The molecule has 1 heterocycles. The van der Waals surface area contributed by atoms with Crippen LogP contribution in [-0.4, -0.2) is 42.6 Å². The molecule has 20 heavy (non-hydrogen) atoms. The first kappa shape index (κ1) is 13.9. The molecule has 4 heteroatoms. The van der Waals surface area contributed by atoms with E-state index in [1.54, 1.807) is 0 Å². The second kappa shape index (κ2) is 5.72. The van der Waals surface area contributed by atoms with E-state index in [4.69, 9.17) is 9.47 Å². The predicted molar refractivity (Wildman–Crippen MR) is 77.2 cm³/mol. The molecule has 0 amide bonds. The lowest BCUT2D eigenvalue weighted by Gasteiger charge is -2.19. The molecule has 0 spiro atoms. The third-order valence-electron chi connectivity index (χ3n) is 3.94. The van der Waals surface area contributed by atoms with Gasteiger partial charge in [0.1, 0.15) is 18.5 Å². The van der Waals surface area contributed by atoms with Gasteiger partial charge in [0, 0.05) is 31.0 Å². The highest BCUT2D eigenvalue weighted by molar-refractivity contribution is 5.44. The lowest BCUT2D eigenvalue weighted by atomic mass is 9.91. The van der Waals surface area contributed by atoms with Crippen LogP contribution in [-0.2, 0) is 17.6 Å². The maximum absolute atomic E-state index is 9.91. The van der Waals surface area contributed by atoms with Crippen LogP contribution in [0, 0.1) is 0 Å². The summed E-state index contributed by atoms with van der Waals surface area (Å²) < 4.78 is 11.4. The number of nitrogens with one attached hydrogen (secondary N) is 1. The van der Waals surface area contributed by atoms with Crippen molar-refractivity contribution < 1.29 is 14.6 Å². The van der Waals surface area contributed by atoms with Crippen LogP contribution < -0.4 is 10.1 Å². The summed E-state index contributed by atoms with van der Waals surface area (Å²) in [6.07, 6.45) is 2.27. The molecule has 3 unspecified atom stereocenters. The summed E-state index contributed by atoms with van der Waals surface area (Å²) >= 11 is 0. The number of benzene rings is 1. The Morgan fingerprint density at radius 2 is 2.15 bits per heavy atom. The van der Waals surface area contributed by atoms with Gasteiger partial charge in [-0.05, 0) is 11.6 Å². The van der Waals surface area contributed by atoms with Crippen molar-refractivity contribution in [1.82, 2.24) is 5.32 Å². The fourth-order valence-electron chi connectivity index (χ4n) is 2.74. The zero-order valence-electron chi connectivity index (χ0n) is 12.1. The molecule has 1 aliphatic heterocycles. The molecule has 0 radical (unpaired) electrons. The Kier molecular flexibility index (Phi) is 3.96. The monoisotopic (exact) mass is 277 g/mol. The molecule has 0 bridgehead atoms. The van der Waals surface area contributed by atoms with Crippen LogP contribution in [0.4, 0.5) is 0 Å². The SMILES string of the molecule is CC(C)NCC(O)COc1cccc2c1CC1OC1C2. The van der Waals surface area contributed by atoms with Crippen LogP contribution in [0.5, 0.6) is 5.75 Å². The minimum Gasteiger partial charge on any atom is -0.491 e. The van der Waals surface area contributed by atoms with Gasteiger partial charge in [0.05, 0.1) is 12.2 Å². The van der Waals surface area contributed by atoms with Gasteiger partial charge in [0.15, 0.2) is 0 Å². The minimum absolute atomic E-state index is 0.325. The summed E-state index contributed by atoms with van der Waals surface area (Å²) in [5.74, 6) is 0.903. The van der Waals surface area contributed by atoms with Crippen LogP contribution in [0.15, 0.2) is 18.2 Å². The molecule has 0 saturated carbocycles. The summed E-state index contributed by atoms with van der Waals surface area (Å²) in [6, 6.07) is 6.54. The molecular weight excluding hydrogens is 254 g/mol. The minimum atomic E-state index is -0.484. The normalized spacial score (nSPS) is 25.0. The lowest BCUT2D eigenvalue weighted by Crippen LogP contribution is -2.35. The van der Waals surface area contributed by atoms with Crippen LogP contribution in [0.2, 0.25) is 0 Å². The standard InChI is InChI=1S/C16H23NO3/c1-10(2)17-8-12(18)9-19-14-5-3-4-11-6-15-16(20-15)7-13(11)14/h3-5,10,12,15-18H,6-9H2,1-2H3. The van der Waals surface area contributed by atoms with E-state index >= 15 is 0 Å². The Labute approximate surface area is 120 Å². The maximum Gasteiger partial charge on any atom is 0.123 e. The third kappa shape index (κ3) is 3.14. The average molecular weight is 277 g/mol. The summed E-state index contributed by atoms with van der Waals surface area (Å²) in [7, 11) is 0. The molecule has 1 aromatic rings. The molecule has 1 aliphatic carbocycles. The highest BCUT2D eigenvalue weighted by atomic mass is 16.6. The lowest BCUT2D eigenvalue weighted by molar-refractivity contribution is 0.104. The van der Waals surface area contributed by atoms with Crippen molar-refractivity contribution in [2.45, 2.75) is 51.0 Å². The maximum atomic E-state index is 9.91. The molecule has 1 saturated heterocycles. The van der Waals surface area contributed by atoms with Crippen LogP contribution in [0.3, 0.4) is 0 Å². The van der Waals surface area contributed by atoms with Crippen molar-refractivity contribution in [3.63, 3.8) is 0 Å². The second-order valence-corrected chi connectivity index (χ2v) is 6.04. The number of epoxide rings is 1. The van der Waals surface area contributed by atoms with Gasteiger partial charge < -0.3 is 19.9 Å². The van der Waals surface area contributed by atoms with Gasteiger partial charge in [-0.2, -0.15) is 0 Å². The van der Waals surface area contributed by atoms with Gasteiger partial charge in [-0.15, -0.1) is 0 Å². The molecule has 3 atom stereocenters. The van der Waals surface area contributed by atoms with E-state index in [-0.39, 0.29) is 0 Å². The molecular formula is C16H23NO3. The third-order valence-corrected chi connectivity index (χ3v) is 3.94. The number of rotatable bonds is 6. The smallest absolute Gasteiger partial charge is 0.123 e. The molecule has 1 aromatic carbocycles. The van der Waals surface area contributed by atoms with Crippen molar-refractivity contribution in [2.75, 3.05) is 13.2 Å². The number of hydrogen-bond acceptors (Lipinski definition) is 4. The number of aliphatic hydroxyl groups excluding tert-OH is 1. The average Bonchev–Trinajstić information content (AvgIpc) is 3.18. The van der Waals surface area contributed by atoms with Crippen molar-refractivity contribution in [3.05, 3.63) is 29.3 Å². The molecule has 3 rings (SSSR count). The van der Waals surface area contributed by atoms with Gasteiger partial charge in [-0.25, -0.2) is 0 Å². The van der Waals surface area contributed by atoms with Crippen molar-refractivity contribution >= 4 is 0 Å². The molecule has 2 aliphatic rings. The van der Waals surface area contributed by atoms with Gasteiger partial charge >= 0.3 is 0 Å². The zero-order valence-corrected chi connectivity index (χ0v) is 12.1. The Balaban J connectivity index is 1.58. The van der Waals surface area contributed by atoms with Crippen LogP contribution in [0.1, 0.15) is 25.0 Å². The van der Waals surface area contributed by atoms with E-state index in [1.165, 1.54) is 11.1 Å². The van der Waals surface area contributed by atoms with Crippen LogP contribution in [0.25, 0.3) is 0 Å². The zero-order chi connectivity index (χ0) is 14.1. The van der Waals surface area contributed by atoms with E-state index < -0.39 is 6.10 Å². The van der Waals surface area contributed by atoms with Gasteiger partial charge in [-0.3, -0.25) is 0 Å². The second-order valence-electron chi connectivity index (χ2n) is 6.04. The topological polar surface area (TPSA) is 54.0 Å². The molecule has 1 fully saturated rings. The van der Waals surface area contributed by atoms with Gasteiger partial charge in [-0.1, -0.05) is 26.0 Å². The number of fused-ring (bicyclic) bond motifs is 2.